The molecule has 1 amide bonds. The van der Waals surface area contributed by atoms with Crippen molar-refractivity contribution in [2.75, 3.05) is 27.2 Å². The smallest absolute Gasteiger partial charge is 0.357 e. The maximum absolute atomic E-state index is 12.6. The van der Waals surface area contributed by atoms with Gasteiger partial charge in [-0.15, -0.1) is 0 Å². The molecule has 5 nitrogen and oxygen atoms in total. The lowest BCUT2D eigenvalue weighted by atomic mass is 10.1. The van der Waals surface area contributed by atoms with Crippen LogP contribution in [0.1, 0.15) is 34.0 Å². The maximum atomic E-state index is 12.6. The largest absolute Gasteiger partial charge is 0.416 e. The van der Waals surface area contributed by atoms with Gasteiger partial charge in [0.15, 0.2) is 5.96 Å². The number of guanidine groups is 1. The van der Waals surface area contributed by atoms with Gasteiger partial charge in [-0.05, 0) is 48.7 Å². The number of nitrogens with zero attached hydrogens (tertiary/aromatic N) is 2. The van der Waals surface area contributed by atoms with Gasteiger partial charge in [-0.2, -0.15) is 13.2 Å². The van der Waals surface area contributed by atoms with Gasteiger partial charge in [-0.3, -0.25) is 4.79 Å². The van der Waals surface area contributed by atoms with Crippen LogP contribution in [0.3, 0.4) is 0 Å². The number of nitrogens with one attached hydrogen (secondary N) is 2. The number of benzene rings is 2. The van der Waals surface area contributed by atoms with Crippen LogP contribution in [0.5, 0.6) is 0 Å². The minimum absolute atomic E-state index is 0.0525. The fraction of sp³-hybridized carbons (Fsp3) is 0.364. The molecule has 0 atom stereocenters. The second-order valence-electron chi connectivity index (χ2n) is 6.96. The van der Waals surface area contributed by atoms with Gasteiger partial charge in [0.2, 0.25) is 0 Å². The molecule has 2 rings (SSSR count). The highest BCUT2D eigenvalue weighted by Gasteiger charge is 2.29. The fourth-order valence-corrected chi connectivity index (χ4v) is 2.71. The summed E-state index contributed by atoms with van der Waals surface area (Å²) in [5.74, 6) is 0.571. The molecule has 30 heavy (non-hydrogen) atoms. The van der Waals surface area contributed by atoms with E-state index in [1.807, 2.05) is 19.1 Å². The summed E-state index contributed by atoms with van der Waals surface area (Å²) in [6, 6.07) is 12.5. The lowest BCUT2D eigenvalue weighted by Gasteiger charge is -2.12. The molecule has 0 saturated carbocycles. The van der Waals surface area contributed by atoms with E-state index >= 15 is 0 Å². The normalized spacial score (nSPS) is 11.9. The standard InChI is InChI=1S/C22H27F3N4O/c1-4-26-21(27-14-13-16-7-11-19(12-8-16)22(23,24)25)28-15-17-5-9-18(10-6-17)20(30)29(2)3/h5-12H,4,13-15H2,1-3H3,(H2,26,27,28). The molecular weight excluding hydrogens is 393 g/mol. The van der Waals surface area contributed by atoms with Gasteiger partial charge in [-0.1, -0.05) is 24.3 Å². The van der Waals surface area contributed by atoms with Crippen molar-refractivity contribution in [2.24, 2.45) is 4.99 Å². The molecule has 8 heteroatoms. The van der Waals surface area contributed by atoms with Crippen molar-refractivity contribution in [3.8, 4) is 0 Å². The van der Waals surface area contributed by atoms with E-state index in [1.165, 1.54) is 17.0 Å². The molecule has 0 aliphatic rings. The zero-order chi connectivity index (χ0) is 22.1. The first-order valence-electron chi connectivity index (χ1n) is 9.69. The third kappa shape index (κ3) is 7.09. The first-order chi connectivity index (χ1) is 14.2. The molecule has 0 heterocycles. The van der Waals surface area contributed by atoms with Gasteiger partial charge in [0.05, 0.1) is 12.1 Å². The Balaban J connectivity index is 1.90. The summed E-state index contributed by atoms with van der Waals surface area (Å²) in [6.07, 6.45) is -3.75. The molecule has 0 spiro atoms. The van der Waals surface area contributed by atoms with Crippen LogP contribution in [0.25, 0.3) is 0 Å². The van der Waals surface area contributed by atoms with E-state index in [9.17, 15) is 18.0 Å². The van der Waals surface area contributed by atoms with Gasteiger partial charge in [0.1, 0.15) is 0 Å². The SMILES string of the molecule is CCNC(=NCc1ccc(C(=O)N(C)C)cc1)NCCc1ccc(C(F)(F)F)cc1. The summed E-state index contributed by atoms with van der Waals surface area (Å²) in [7, 11) is 3.42. The van der Waals surface area contributed by atoms with Gasteiger partial charge in [0.25, 0.3) is 5.91 Å². The second-order valence-corrected chi connectivity index (χ2v) is 6.96. The van der Waals surface area contributed by atoms with Gasteiger partial charge in [0, 0.05) is 32.7 Å². The number of amides is 1. The Hall–Kier alpha value is -3.03. The first-order valence-corrected chi connectivity index (χ1v) is 9.69. The minimum atomic E-state index is -4.32. The zero-order valence-corrected chi connectivity index (χ0v) is 17.4. The molecule has 0 aromatic heterocycles. The molecule has 2 aromatic carbocycles. The van der Waals surface area contributed by atoms with Crippen molar-refractivity contribution in [1.82, 2.24) is 15.5 Å². The summed E-state index contributed by atoms with van der Waals surface area (Å²) in [4.78, 5) is 18.0. The molecule has 0 radical (unpaired) electrons. The highest BCUT2D eigenvalue weighted by Crippen LogP contribution is 2.29. The van der Waals surface area contributed by atoms with Crippen LogP contribution in [0.2, 0.25) is 0 Å². The molecule has 0 unspecified atom stereocenters. The van der Waals surface area contributed by atoms with Crippen molar-refractivity contribution in [2.45, 2.75) is 26.1 Å². The number of rotatable bonds is 7. The molecule has 0 aliphatic heterocycles. The second kappa shape index (κ2) is 10.7. The predicted molar refractivity (Wildman–Crippen MR) is 112 cm³/mol. The number of carbonyl (C=O) groups is 1. The van der Waals surface area contributed by atoms with E-state index in [0.29, 0.717) is 37.6 Å². The van der Waals surface area contributed by atoms with Crippen molar-refractivity contribution < 1.29 is 18.0 Å². The van der Waals surface area contributed by atoms with Crippen molar-refractivity contribution in [3.63, 3.8) is 0 Å². The Morgan fingerprint density at radius 3 is 2.10 bits per heavy atom. The third-order valence-corrected chi connectivity index (χ3v) is 4.36. The molecular formula is C22H27F3N4O. The molecule has 0 fully saturated rings. The van der Waals surface area contributed by atoms with Gasteiger partial charge >= 0.3 is 6.18 Å². The monoisotopic (exact) mass is 420 g/mol. The number of hydrogen-bond donors (Lipinski definition) is 2. The van der Waals surface area contributed by atoms with Crippen LogP contribution in [0.15, 0.2) is 53.5 Å². The molecule has 2 N–H and O–H groups in total. The Kier molecular flexibility index (Phi) is 8.26. The Morgan fingerprint density at radius 1 is 0.967 bits per heavy atom. The highest BCUT2D eigenvalue weighted by molar-refractivity contribution is 5.93. The minimum Gasteiger partial charge on any atom is -0.357 e. The third-order valence-electron chi connectivity index (χ3n) is 4.36. The number of halogens is 3. The lowest BCUT2D eigenvalue weighted by molar-refractivity contribution is -0.137. The maximum Gasteiger partial charge on any atom is 0.416 e. The first kappa shape index (κ1) is 23.3. The summed E-state index contributed by atoms with van der Waals surface area (Å²) < 4.78 is 37.9. The van der Waals surface area contributed by atoms with Crippen molar-refractivity contribution >= 4 is 11.9 Å². The molecule has 162 valence electrons. The van der Waals surface area contributed by atoms with E-state index in [2.05, 4.69) is 15.6 Å². The Morgan fingerprint density at radius 2 is 1.57 bits per heavy atom. The van der Waals surface area contributed by atoms with Gasteiger partial charge in [-0.25, -0.2) is 4.99 Å². The summed E-state index contributed by atoms with van der Waals surface area (Å²) in [5, 5.41) is 6.33. The number of aliphatic imine (C=N–C) groups is 1. The highest BCUT2D eigenvalue weighted by atomic mass is 19.4. The molecule has 0 saturated heterocycles. The van der Waals surface area contributed by atoms with E-state index in [4.69, 9.17) is 0 Å². The Labute approximate surface area is 175 Å². The Bertz CT molecular complexity index is 844. The van der Waals surface area contributed by atoms with Crippen LogP contribution in [-0.2, 0) is 19.1 Å². The molecule has 0 aliphatic carbocycles. The van der Waals surface area contributed by atoms with Crippen LogP contribution in [0.4, 0.5) is 13.2 Å². The fourth-order valence-electron chi connectivity index (χ4n) is 2.71. The number of hydrogen-bond acceptors (Lipinski definition) is 2. The lowest BCUT2D eigenvalue weighted by Crippen LogP contribution is -2.38. The number of alkyl halides is 3. The predicted octanol–water partition coefficient (Wildman–Crippen LogP) is 3.71. The van der Waals surface area contributed by atoms with Crippen LogP contribution >= 0.6 is 0 Å². The van der Waals surface area contributed by atoms with Crippen LogP contribution in [0, 0.1) is 0 Å². The summed E-state index contributed by atoms with van der Waals surface area (Å²) >= 11 is 0. The van der Waals surface area contributed by atoms with Crippen molar-refractivity contribution in [3.05, 3.63) is 70.8 Å². The van der Waals surface area contributed by atoms with E-state index in [0.717, 1.165) is 23.3 Å². The average Bonchev–Trinajstić information content (AvgIpc) is 2.71. The van der Waals surface area contributed by atoms with E-state index in [-0.39, 0.29) is 5.91 Å². The van der Waals surface area contributed by atoms with Crippen LogP contribution < -0.4 is 10.6 Å². The quantitative estimate of drug-likeness (QED) is 0.531. The topological polar surface area (TPSA) is 56.7 Å². The number of carbonyl (C=O) groups excluding carboxylic acids is 1. The van der Waals surface area contributed by atoms with Crippen LogP contribution in [-0.4, -0.2) is 44.0 Å². The molecule has 0 bridgehead atoms. The zero-order valence-electron chi connectivity index (χ0n) is 17.4. The molecule has 2 aromatic rings. The van der Waals surface area contributed by atoms with Gasteiger partial charge < -0.3 is 15.5 Å². The summed E-state index contributed by atoms with van der Waals surface area (Å²) in [6.45, 7) is 3.61. The van der Waals surface area contributed by atoms with E-state index in [1.54, 1.807) is 26.2 Å². The van der Waals surface area contributed by atoms with Crippen molar-refractivity contribution in [1.29, 1.82) is 0 Å². The average molecular weight is 420 g/mol. The van der Waals surface area contributed by atoms with E-state index < -0.39 is 11.7 Å². The summed E-state index contributed by atoms with van der Waals surface area (Å²) in [5.41, 5.74) is 1.75.